The monoisotopic (exact) mass is 1070 g/mol. The number of para-hydroxylation sites is 4. The number of hydrogen-bond acceptors (Lipinski definition) is 12. The van der Waals surface area contributed by atoms with Gasteiger partial charge in [0.25, 0.3) is 0 Å². The van der Waals surface area contributed by atoms with Gasteiger partial charge in [0.2, 0.25) is 18.1 Å². The van der Waals surface area contributed by atoms with Gasteiger partial charge in [-0.25, -0.2) is 0 Å². The Kier molecular flexibility index (Phi) is 17.2. The van der Waals surface area contributed by atoms with Crippen LogP contribution in [0.15, 0.2) is 175 Å². The highest BCUT2D eigenvalue weighted by Gasteiger charge is 2.23. The van der Waals surface area contributed by atoms with E-state index in [0.29, 0.717) is 69.7 Å². The van der Waals surface area contributed by atoms with Crippen LogP contribution in [0.2, 0.25) is 0 Å². The summed E-state index contributed by atoms with van der Waals surface area (Å²) in [5.41, 5.74) is 10.3. The van der Waals surface area contributed by atoms with Crippen LogP contribution in [0.25, 0.3) is 55.0 Å². The van der Waals surface area contributed by atoms with Crippen LogP contribution in [0.3, 0.4) is 0 Å². The van der Waals surface area contributed by atoms with Crippen molar-refractivity contribution in [1.29, 1.82) is 0 Å². The minimum absolute atomic E-state index is 0.0336. The highest BCUT2D eigenvalue weighted by Crippen LogP contribution is 2.50. The lowest BCUT2D eigenvalue weighted by atomic mass is 9.98. The summed E-state index contributed by atoms with van der Waals surface area (Å²) in [6, 6.07) is 51.2. The Morgan fingerprint density at radius 2 is 0.730 bits per heavy atom. The first kappa shape index (κ1) is 52.0. The van der Waals surface area contributed by atoms with E-state index in [1.165, 1.54) is 11.1 Å². The second-order valence-electron chi connectivity index (χ2n) is 17.2. The van der Waals surface area contributed by atoms with Crippen LogP contribution in [0.1, 0.15) is 33.4 Å². The Bertz CT molecular complexity index is 3310. The third kappa shape index (κ3) is 12.5. The number of hydrogen-bond donors (Lipinski definition) is 0. The van der Waals surface area contributed by atoms with Crippen LogP contribution in [0, 0.1) is 41.5 Å². The second kappa shape index (κ2) is 24.4. The van der Waals surface area contributed by atoms with Crippen molar-refractivity contribution in [3.63, 3.8) is 0 Å². The molecule has 12 nitrogen and oxygen atoms in total. The van der Waals surface area contributed by atoms with Gasteiger partial charge >= 0.3 is 16.5 Å². The van der Waals surface area contributed by atoms with Crippen molar-refractivity contribution in [3.8, 4) is 45.6 Å². The summed E-state index contributed by atoms with van der Waals surface area (Å²) in [6.07, 6.45) is 0. The molecule has 2 unspecified atom stereocenters. The summed E-state index contributed by atoms with van der Waals surface area (Å²) >= 11 is 0. The maximum atomic E-state index is 6.75. The molecular weight excluding hydrogens is 1010 g/mol. The number of fused-ring (bicyclic) bond motifs is 6. The van der Waals surface area contributed by atoms with E-state index in [1.807, 2.05) is 173 Å². The molecule has 0 saturated heterocycles. The predicted molar refractivity (Wildman–Crippen MR) is 301 cm³/mol. The average Bonchev–Trinajstić information content (AvgIpc) is 3.67. The summed E-state index contributed by atoms with van der Waals surface area (Å²) in [6.45, 7) is 13.1. The summed E-state index contributed by atoms with van der Waals surface area (Å²) in [5.74, 6) is 4.07. The molecule has 0 spiro atoms. The Labute approximate surface area is 435 Å². The van der Waals surface area contributed by atoms with Crippen molar-refractivity contribution >= 4 is 78.4 Å². The molecule has 0 aliphatic heterocycles. The van der Waals surface area contributed by atoms with Crippen LogP contribution in [0.4, 0.5) is 0 Å². The third-order valence-electron chi connectivity index (χ3n) is 11.8. The molecule has 0 amide bonds. The molecule has 8 aromatic carbocycles. The molecule has 2 aromatic heterocycles. The molecule has 0 aliphatic carbocycles. The number of benzene rings is 8. The summed E-state index contributed by atoms with van der Waals surface area (Å²) in [5, 5.41) is 3.71. The van der Waals surface area contributed by atoms with E-state index < -0.39 is 16.5 Å². The summed E-state index contributed by atoms with van der Waals surface area (Å²) in [4.78, 5) is 0. The molecular formula is C58H56O12P4. The van der Waals surface area contributed by atoms with Gasteiger partial charge in [-0.05, 0) is 124 Å². The number of ether oxygens (including phenoxy) is 2. The number of aryl methyl sites for hydroxylation is 6. The molecule has 74 heavy (non-hydrogen) atoms. The SMILES string of the molecule is COc1cc(C)c(Op2oc3ccccc3c3ccccc3o2)c(-c2cc(OC)cc(C)c2Op2oc3ccccc3c3ccccc3o2)c1.Cc1ccc(OPOCCOPOc2ccc(C)cc2C)c(C)c1. The van der Waals surface area contributed by atoms with Gasteiger partial charge in [0.05, 0.1) is 27.4 Å². The van der Waals surface area contributed by atoms with Gasteiger partial charge in [0.15, 0.2) is 0 Å². The fourth-order valence-corrected chi connectivity index (χ4v) is 11.5. The smallest absolute Gasteiger partial charge is 0.453 e. The van der Waals surface area contributed by atoms with Gasteiger partial charge in [-0.1, -0.05) is 108 Å². The van der Waals surface area contributed by atoms with E-state index >= 15 is 0 Å². The molecule has 380 valence electrons. The zero-order valence-electron chi connectivity index (χ0n) is 42.2. The lowest BCUT2D eigenvalue weighted by molar-refractivity contribution is 0.232. The highest BCUT2D eigenvalue weighted by molar-refractivity contribution is 7.32. The first-order valence-electron chi connectivity index (χ1n) is 23.7. The van der Waals surface area contributed by atoms with E-state index in [1.54, 1.807) is 14.2 Å². The molecule has 0 N–H and O–H groups in total. The molecule has 16 heteroatoms. The Hall–Kier alpha value is -6.86. The van der Waals surface area contributed by atoms with E-state index in [9.17, 15) is 0 Å². The van der Waals surface area contributed by atoms with Crippen molar-refractivity contribution in [1.82, 2.24) is 0 Å². The van der Waals surface area contributed by atoms with E-state index in [2.05, 4.69) is 26.0 Å². The standard InChI is InChI=1S/C40H32O8P2.C18H24O4P2/c1-25-21-27(41-3)23-33(39(25)47-49-43-35-17-9-5-13-29(35)30-14-6-10-18-36(30)44-49)34-24-28(42-4)22-26(2)40(34)48-50-45-37-19-11-7-15-31(37)32-16-8-12-20-38(32)46-50;1-13-5-7-17(15(3)11-13)21-23-19-9-10-20-24-22-18-8-6-14(2)12-16(18)4/h5-24H,1-4H3;5-8,11-12,23-24H,9-10H2,1-4H3. The van der Waals surface area contributed by atoms with Crippen LogP contribution in [-0.2, 0) is 9.05 Å². The first-order chi connectivity index (χ1) is 36.0. The maximum Gasteiger partial charge on any atom is 0.453 e. The Morgan fingerprint density at radius 1 is 0.392 bits per heavy atom. The summed E-state index contributed by atoms with van der Waals surface area (Å²) in [7, 11) is -0.700. The molecule has 0 bridgehead atoms. The molecule has 0 saturated carbocycles. The minimum atomic E-state index is -1.95. The largest absolute Gasteiger partial charge is 0.497 e. The molecule has 10 rings (SSSR count). The van der Waals surface area contributed by atoms with Gasteiger partial charge in [0, 0.05) is 32.7 Å². The molecule has 2 atom stereocenters. The van der Waals surface area contributed by atoms with Gasteiger partial charge in [-0.2, -0.15) is 0 Å². The number of rotatable bonds is 16. The fourth-order valence-electron chi connectivity index (χ4n) is 8.16. The van der Waals surface area contributed by atoms with Crippen molar-refractivity contribution in [2.24, 2.45) is 0 Å². The second-order valence-corrected chi connectivity index (χ2v) is 20.5. The average molecular weight is 1070 g/mol. The normalized spacial score (nSPS) is 11.4. The predicted octanol–water partition coefficient (Wildman–Crippen LogP) is 18.3. The zero-order chi connectivity index (χ0) is 51.6. The Morgan fingerprint density at radius 3 is 1.05 bits per heavy atom. The maximum absolute atomic E-state index is 6.75. The van der Waals surface area contributed by atoms with Gasteiger partial charge in [0.1, 0.15) is 56.8 Å². The van der Waals surface area contributed by atoms with Crippen LogP contribution < -0.4 is 27.6 Å². The lowest BCUT2D eigenvalue weighted by Gasteiger charge is -2.18. The molecule has 10 aromatic rings. The van der Waals surface area contributed by atoms with E-state index in [0.717, 1.165) is 55.3 Å². The van der Waals surface area contributed by atoms with Crippen molar-refractivity contribution < 1.29 is 53.4 Å². The molecule has 2 heterocycles. The zero-order valence-corrected chi connectivity index (χ0v) is 46.0. The van der Waals surface area contributed by atoms with Gasteiger partial charge < -0.3 is 53.4 Å². The number of methoxy groups -OCH3 is 2. The van der Waals surface area contributed by atoms with Crippen LogP contribution >= 0.6 is 34.5 Å². The van der Waals surface area contributed by atoms with Crippen molar-refractivity contribution in [2.75, 3.05) is 27.4 Å². The highest BCUT2D eigenvalue weighted by atomic mass is 31.1. The molecule has 0 aliphatic rings. The minimum Gasteiger partial charge on any atom is -0.497 e. The topological polar surface area (TPSA) is 126 Å². The molecule has 0 fully saturated rings. The fraction of sp³-hybridized carbons (Fsp3) is 0.172. The molecule has 0 radical (unpaired) electrons. The van der Waals surface area contributed by atoms with Crippen LogP contribution in [-0.4, -0.2) is 27.4 Å². The lowest BCUT2D eigenvalue weighted by Crippen LogP contribution is -1.97. The third-order valence-corrected chi connectivity index (χ3v) is 15.1. The van der Waals surface area contributed by atoms with E-state index in [-0.39, 0.29) is 18.1 Å². The Balaban J connectivity index is 0.000000236. The van der Waals surface area contributed by atoms with Crippen molar-refractivity contribution in [2.45, 2.75) is 41.5 Å². The first-order valence-corrected chi connectivity index (χ1v) is 27.5. The quantitative estimate of drug-likeness (QED) is 0.0675. The van der Waals surface area contributed by atoms with Crippen LogP contribution in [0.5, 0.6) is 34.5 Å². The van der Waals surface area contributed by atoms with Crippen molar-refractivity contribution in [3.05, 3.63) is 191 Å². The summed E-state index contributed by atoms with van der Waals surface area (Å²) < 4.78 is 72.9. The van der Waals surface area contributed by atoms with Gasteiger partial charge in [-0.15, -0.1) is 0 Å². The van der Waals surface area contributed by atoms with Gasteiger partial charge in [-0.3, -0.25) is 0 Å². The van der Waals surface area contributed by atoms with E-state index in [4.69, 9.17) is 53.4 Å².